The molecule has 0 radical (unpaired) electrons. The van der Waals surface area contributed by atoms with Crippen molar-refractivity contribution >= 4 is 31.9 Å². The lowest BCUT2D eigenvalue weighted by Gasteiger charge is -2.10. The molecule has 0 saturated heterocycles. The summed E-state index contributed by atoms with van der Waals surface area (Å²) in [5, 5.41) is 3.55. The largest absolute Gasteiger partial charge is 0.312 e. The Morgan fingerprint density at radius 2 is 1.88 bits per heavy atom. The van der Waals surface area contributed by atoms with Gasteiger partial charge >= 0.3 is 0 Å². The highest BCUT2D eigenvalue weighted by molar-refractivity contribution is 9.13. The van der Waals surface area contributed by atoms with Crippen LogP contribution < -0.4 is 5.32 Å². The molecule has 1 aliphatic rings. The second kappa shape index (κ2) is 6.18. The summed E-state index contributed by atoms with van der Waals surface area (Å²) >= 11 is 7.01. The fraction of sp³-hybridized carbons (Fsp3) is 0.538. The van der Waals surface area contributed by atoms with Crippen LogP contribution in [0, 0.1) is 5.92 Å². The van der Waals surface area contributed by atoms with E-state index >= 15 is 0 Å². The monoisotopic (exact) mass is 345 g/mol. The number of halogens is 2. The van der Waals surface area contributed by atoms with E-state index in [1.165, 1.54) is 37.8 Å². The molecular formula is C13H17Br2N. The van der Waals surface area contributed by atoms with Crippen LogP contribution in [0.5, 0.6) is 0 Å². The van der Waals surface area contributed by atoms with Gasteiger partial charge in [-0.2, -0.15) is 0 Å². The summed E-state index contributed by atoms with van der Waals surface area (Å²) in [6, 6.07) is 6.43. The first-order valence-electron chi connectivity index (χ1n) is 5.90. The molecule has 1 aromatic carbocycles. The fourth-order valence-corrected chi connectivity index (χ4v) is 2.96. The van der Waals surface area contributed by atoms with Crippen LogP contribution in [0.3, 0.4) is 0 Å². The van der Waals surface area contributed by atoms with Crippen molar-refractivity contribution < 1.29 is 0 Å². The van der Waals surface area contributed by atoms with E-state index in [2.05, 4.69) is 55.4 Å². The highest BCUT2D eigenvalue weighted by Gasteiger charge is 2.13. The highest BCUT2D eigenvalue weighted by atomic mass is 79.9. The minimum absolute atomic E-state index is 0.916. The quantitative estimate of drug-likeness (QED) is 0.846. The number of benzene rings is 1. The Morgan fingerprint density at radius 3 is 2.56 bits per heavy atom. The lowest BCUT2D eigenvalue weighted by molar-refractivity contribution is 0.489. The summed E-state index contributed by atoms with van der Waals surface area (Å²) in [6.07, 6.45) is 5.68. The van der Waals surface area contributed by atoms with Crippen LogP contribution in [-0.2, 0) is 6.54 Å². The Bertz CT molecular complexity index is 346. The molecule has 3 heteroatoms. The second-order valence-electron chi connectivity index (χ2n) is 4.53. The van der Waals surface area contributed by atoms with E-state index in [0.29, 0.717) is 0 Å². The van der Waals surface area contributed by atoms with Gasteiger partial charge in [-0.3, -0.25) is 0 Å². The van der Waals surface area contributed by atoms with Gasteiger partial charge < -0.3 is 5.32 Å². The normalized spacial score (nSPS) is 16.9. The summed E-state index contributed by atoms with van der Waals surface area (Å²) in [5.41, 5.74) is 1.34. The van der Waals surface area contributed by atoms with Crippen LogP contribution in [0.15, 0.2) is 27.1 Å². The maximum absolute atomic E-state index is 3.55. The zero-order valence-corrected chi connectivity index (χ0v) is 12.5. The summed E-state index contributed by atoms with van der Waals surface area (Å²) in [4.78, 5) is 0. The Morgan fingerprint density at radius 1 is 1.12 bits per heavy atom. The first-order chi connectivity index (χ1) is 7.75. The molecule has 0 unspecified atom stereocenters. The minimum atomic E-state index is 0.916. The van der Waals surface area contributed by atoms with Crippen molar-refractivity contribution in [2.24, 2.45) is 5.92 Å². The molecule has 0 aliphatic heterocycles. The summed E-state index contributed by atoms with van der Waals surface area (Å²) in [5.74, 6) is 0.916. The van der Waals surface area contributed by atoms with Gasteiger partial charge in [0.2, 0.25) is 0 Å². The number of hydrogen-bond donors (Lipinski definition) is 1. The van der Waals surface area contributed by atoms with Crippen molar-refractivity contribution in [3.8, 4) is 0 Å². The van der Waals surface area contributed by atoms with E-state index in [9.17, 15) is 0 Å². The molecule has 0 aromatic heterocycles. The molecule has 1 aliphatic carbocycles. The Hall–Kier alpha value is 0.140. The maximum atomic E-state index is 3.55. The van der Waals surface area contributed by atoms with Gasteiger partial charge in [0.05, 0.1) is 0 Å². The molecule has 0 bridgehead atoms. The van der Waals surface area contributed by atoms with Gasteiger partial charge in [0, 0.05) is 15.5 Å². The fourth-order valence-electron chi connectivity index (χ4n) is 2.28. The van der Waals surface area contributed by atoms with E-state index in [0.717, 1.165) is 21.4 Å². The van der Waals surface area contributed by atoms with Crippen LogP contribution in [0.2, 0.25) is 0 Å². The van der Waals surface area contributed by atoms with Gasteiger partial charge in [0.15, 0.2) is 0 Å². The molecule has 16 heavy (non-hydrogen) atoms. The lowest BCUT2D eigenvalue weighted by Crippen LogP contribution is -2.20. The van der Waals surface area contributed by atoms with Crippen molar-refractivity contribution in [3.05, 3.63) is 32.7 Å². The van der Waals surface area contributed by atoms with Crippen molar-refractivity contribution in [1.29, 1.82) is 0 Å². The van der Waals surface area contributed by atoms with Crippen molar-refractivity contribution in [2.75, 3.05) is 6.54 Å². The molecule has 0 heterocycles. The molecule has 1 saturated carbocycles. The molecule has 0 amide bonds. The Kier molecular flexibility index (Phi) is 4.86. The summed E-state index contributed by atoms with van der Waals surface area (Å²) in [6.45, 7) is 2.15. The van der Waals surface area contributed by atoms with Gasteiger partial charge in [-0.25, -0.2) is 0 Å². The lowest BCUT2D eigenvalue weighted by atomic mass is 10.1. The third-order valence-corrected chi connectivity index (χ3v) is 5.10. The highest BCUT2D eigenvalue weighted by Crippen LogP contribution is 2.25. The molecule has 88 valence electrons. The van der Waals surface area contributed by atoms with Crippen molar-refractivity contribution in [3.63, 3.8) is 0 Å². The van der Waals surface area contributed by atoms with Gasteiger partial charge in [-0.05, 0) is 74.9 Å². The predicted molar refractivity (Wildman–Crippen MR) is 75.5 cm³/mol. The smallest absolute Gasteiger partial charge is 0.0320 e. The van der Waals surface area contributed by atoms with Crippen molar-refractivity contribution in [2.45, 2.75) is 32.2 Å². The van der Waals surface area contributed by atoms with E-state index in [1.807, 2.05) is 0 Å². The number of nitrogens with one attached hydrogen (secondary N) is 1. The van der Waals surface area contributed by atoms with Crippen LogP contribution in [0.1, 0.15) is 31.2 Å². The molecule has 1 N–H and O–H groups in total. The number of hydrogen-bond acceptors (Lipinski definition) is 1. The van der Waals surface area contributed by atoms with E-state index in [4.69, 9.17) is 0 Å². The molecule has 1 nitrogen and oxygen atoms in total. The molecular weight excluding hydrogens is 330 g/mol. The molecule has 1 fully saturated rings. The van der Waals surface area contributed by atoms with Gasteiger partial charge in [0.25, 0.3) is 0 Å². The van der Waals surface area contributed by atoms with Crippen LogP contribution in [0.25, 0.3) is 0 Å². The van der Waals surface area contributed by atoms with E-state index in [-0.39, 0.29) is 0 Å². The first kappa shape index (κ1) is 12.6. The topological polar surface area (TPSA) is 12.0 Å². The van der Waals surface area contributed by atoms with Crippen LogP contribution >= 0.6 is 31.9 Å². The summed E-state index contributed by atoms with van der Waals surface area (Å²) < 4.78 is 2.25. The minimum Gasteiger partial charge on any atom is -0.312 e. The van der Waals surface area contributed by atoms with Crippen LogP contribution in [-0.4, -0.2) is 6.54 Å². The molecule has 0 atom stereocenters. The van der Waals surface area contributed by atoms with Gasteiger partial charge in [-0.15, -0.1) is 0 Å². The average Bonchev–Trinajstić information content (AvgIpc) is 2.76. The predicted octanol–water partition coefficient (Wildman–Crippen LogP) is 4.49. The molecule has 2 rings (SSSR count). The van der Waals surface area contributed by atoms with E-state index < -0.39 is 0 Å². The zero-order chi connectivity index (χ0) is 11.4. The SMILES string of the molecule is Brc1ccc(CNCC2CCCC2)cc1Br. The zero-order valence-electron chi connectivity index (χ0n) is 9.31. The van der Waals surface area contributed by atoms with Gasteiger partial charge in [0.1, 0.15) is 0 Å². The number of rotatable bonds is 4. The second-order valence-corrected chi connectivity index (χ2v) is 6.24. The Balaban J connectivity index is 1.78. The standard InChI is InChI=1S/C13H17Br2N/c14-12-6-5-11(7-13(12)15)9-16-8-10-3-1-2-4-10/h5-7,10,16H,1-4,8-9H2. The summed E-state index contributed by atoms with van der Waals surface area (Å²) in [7, 11) is 0. The van der Waals surface area contributed by atoms with Crippen LogP contribution in [0.4, 0.5) is 0 Å². The third kappa shape index (κ3) is 3.57. The maximum Gasteiger partial charge on any atom is 0.0320 e. The average molecular weight is 347 g/mol. The Labute approximate surface area is 114 Å². The molecule has 0 spiro atoms. The molecule has 1 aromatic rings. The van der Waals surface area contributed by atoms with Crippen molar-refractivity contribution in [1.82, 2.24) is 5.32 Å². The third-order valence-electron chi connectivity index (χ3n) is 3.22. The first-order valence-corrected chi connectivity index (χ1v) is 7.49. The van der Waals surface area contributed by atoms with Gasteiger partial charge in [-0.1, -0.05) is 18.9 Å². The van der Waals surface area contributed by atoms with E-state index in [1.54, 1.807) is 0 Å².